The number of hydrogen-bond donors (Lipinski definition) is 0. The van der Waals surface area contributed by atoms with Gasteiger partial charge in [-0.3, -0.25) is 0 Å². The van der Waals surface area contributed by atoms with Crippen LogP contribution in [-0.2, 0) is 12.8 Å². The molecule has 0 amide bonds. The van der Waals surface area contributed by atoms with Crippen molar-refractivity contribution in [3.8, 4) is 0 Å². The van der Waals surface area contributed by atoms with Crippen LogP contribution in [0.2, 0.25) is 0 Å². The van der Waals surface area contributed by atoms with Gasteiger partial charge in [-0.05, 0) is 31.2 Å². The van der Waals surface area contributed by atoms with Gasteiger partial charge in [-0.15, -0.1) is 0 Å². The van der Waals surface area contributed by atoms with E-state index in [0.717, 1.165) is 12.8 Å². The van der Waals surface area contributed by atoms with Crippen molar-refractivity contribution in [2.24, 2.45) is 0 Å². The zero-order chi connectivity index (χ0) is 8.23. The molecule has 0 atom stereocenters. The molecule has 0 unspecified atom stereocenters. The van der Waals surface area contributed by atoms with Crippen molar-refractivity contribution in [3.05, 3.63) is 23.8 Å². The van der Waals surface area contributed by atoms with E-state index >= 15 is 0 Å². The van der Waals surface area contributed by atoms with Gasteiger partial charge >= 0.3 is 0 Å². The maximum atomic E-state index is 4.18. The van der Waals surface area contributed by atoms with E-state index in [9.17, 15) is 0 Å². The Morgan fingerprint density at radius 3 is 2.83 bits per heavy atom. The fourth-order valence-electron chi connectivity index (χ4n) is 1.73. The smallest absolute Gasteiger partial charge is 0.197 e. The highest BCUT2D eigenvalue weighted by molar-refractivity contribution is 5.16. The van der Waals surface area contributed by atoms with Gasteiger partial charge in [0.25, 0.3) is 0 Å². The highest BCUT2D eigenvalue weighted by Crippen LogP contribution is 2.16. The summed E-state index contributed by atoms with van der Waals surface area (Å²) < 4.78 is 0. The van der Waals surface area contributed by atoms with Gasteiger partial charge in [0.1, 0.15) is 0 Å². The zero-order valence-electron chi connectivity index (χ0n) is 7.21. The molecule has 0 spiro atoms. The normalized spacial score (nSPS) is 17.7. The summed E-state index contributed by atoms with van der Waals surface area (Å²) in [5.74, 6) is 0. The molecule has 12 heavy (non-hydrogen) atoms. The van der Waals surface area contributed by atoms with Crippen LogP contribution in [-0.4, -0.2) is 9.97 Å². The largest absolute Gasteiger partial charge is 0.233 e. The summed E-state index contributed by atoms with van der Waals surface area (Å²) >= 11 is 0. The van der Waals surface area contributed by atoms with Crippen LogP contribution in [0.5, 0.6) is 0 Å². The molecule has 0 aliphatic heterocycles. The minimum absolute atomic E-state index is 1.12. The third-order valence-corrected chi connectivity index (χ3v) is 2.44. The van der Waals surface area contributed by atoms with Crippen molar-refractivity contribution >= 4 is 0 Å². The van der Waals surface area contributed by atoms with E-state index in [0.29, 0.717) is 0 Å². The van der Waals surface area contributed by atoms with Gasteiger partial charge in [0, 0.05) is 11.9 Å². The first kappa shape index (κ1) is 7.71. The van der Waals surface area contributed by atoms with Gasteiger partial charge in [-0.1, -0.05) is 12.8 Å². The third kappa shape index (κ3) is 1.63. The molecule has 0 saturated heterocycles. The van der Waals surface area contributed by atoms with Crippen molar-refractivity contribution in [3.63, 3.8) is 0 Å². The average molecular weight is 161 g/mol. The molecular formula is C10H13N2. The quantitative estimate of drug-likeness (QED) is 0.581. The van der Waals surface area contributed by atoms with E-state index in [4.69, 9.17) is 0 Å². The third-order valence-electron chi connectivity index (χ3n) is 2.44. The van der Waals surface area contributed by atoms with E-state index in [1.54, 1.807) is 0 Å². The molecule has 1 heterocycles. The summed E-state index contributed by atoms with van der Waals surface area (Å²) in [6.07, 6.45) is 12.1. The highest BCUT2D eigenvalue weighted by atomic mass is 14.8. The summed E-state index contributed by atoms with van der Waals surface area (Å²) in [5, 5.41) is 0. The Kier molecular flexibility index (Phi) is 2.35. The number of fused-ring (bicyclic) bond motifs is 1. The summed E-state index contributed by atoms with van der Waals surface area (Å²) in [5.41, 5.74) is 2.57. The van der Waals surface area contributed by atoms with Gasteiger partial charge in [0.2, 0.25) is 0 Å². The lowest BCUT2D eigenvalue weighted by Crippen LogP contribution is -2.02. The van der Waals surface area contributed by atoms with Crippen molar-refractivity contribution in [1.82, 2.24) is 9.97 Å². The molecule has 1 aromatic rings. The van der Waals surface area contributed by atoms with Crippen molar-refractivity contribution in [1.29, 1.82) is 0 Å². The Morgan fingerprint density at radius 2 is 1.92 bits per heavy atom. The lowest BCUT2D eigenvalue weighted by atomic mass is 9.98. The second-order valence-electron chi connectivity index (χ2n) is 3.36. The Bertz CT molecular complexity index is 231. The Balaban J connectivity index is 2.24. The van der Waals surface area contributed by atoms with Crippen LogP contribution in [0.1, 0.15) is 36.9 Å². The first-order valence-electron chi connectivity index (χ1n) is 4.67. The molecule has 0 bridgehead atoms. The lowest BCUT2D eigenvalue weighted by molar-refractivity contribution is 0.606. The number of aryl methyl sites for hydroxylation is 2. The van der Waals surface area contributed by atoms with Crippen molar-refractivity contribution in [2.75, 3.05) is 0 Å². The predicted molar refractivity (Wildman–Crippen MR) is 46.7 cm³/mol. The first-order valence-corrected chi connectivity index (χ1v) is 4.67. The standard InChI is InChI=1S/C10H13N2/c1-2-4-6-10-9(5-3-1)7-11-8-12-10/h7H,1-6H2. The lowest BCUT2D eigenvalue weighted by Gasteiger charge is -2.10. The average Bonchev–Trinajstić information content (AvgIpc) is 2.06. The van der Waals surface area contributed by atoms with Crippen LogP contribution in [0.3, 0.4) is 0 Å². The van der Waals surface area contributed by atoms with E-state index in [1.807, 2.05) is 6.20 Å². The fourth-order valence-corrected chi connectivity index (χ4v) is 1.73. The Morgan fingerprint density at radius 1 is 1.08 bits per heavy atom. The molecule has 1 aliphatic carbocycles. The van der Waals surface area contributed by atoms with Crippen LogP contribution in [0.15, 0.2) is 6.20 Å². The number of nitrogens with zero attached hydrogens (tertiary/aromatic N) is 2. The van der Waals surface area contributed by atoms with Gasteiger partial charge in [0.05, 0.1) is 0 Å². The van der Waals surface area contributed by atoms with Crippen LogP contribution >= 0.6 is 0 Å². The number of aromatic nitrogens is 2. The van der Waals surface area contributed by atoms with E-state index in [1.165, 1.54) is 36.9 Å². The summed E-state index contributed by atoms with van der Waals surface area (Å²) in [6, 6.07) is 0. The van der Waals surface area contributed by atoms with E-state index in [-0.39, 0.29) is 0 Å². The maximum absolute atomic E-state index is 4.18. The molecule has 1 aliphatic rings. The van der Waals surface area contributed by atoms with Gasteiger partial charge < -0.3 is 0 Å². The molecule has 1 radical (unpaired) electrons. The zero-order valence-corrected chi connectivity index (χ0v) is 7.21. The molecule has 0 N–H and O–H groups in total. The second-order valence-corrected chi connectivity index (χ2v) is 3.36. The number of hydrogen-bond acceptors (Lipinski definition) is 2. The summed E-state index contributed by atoms with van der Waals surface area (Å²) in [6.45, 7) is 0. The molecule has 0 fully saturated rings. The Labute approximate surface area is 73.1 Å². The monoisotopic (exact) mass is 161 g/mol. The summed E-state index contributed by atoms with van der Waals surface area (Å²) in [7, 11) is 0. The van der Waals surface area contributed by atoms with Gasteiger partial charge in [-0.25, -0.2) is 9.97 Å². The Hall–Kier alpha value is -0.920. The summed E-state index contributed by atoms with van der Waals surface area (Å²) in [4.78, 5) is 8.12. The first-order chi connectivity index (χ1) is 5.97. The second kappa shape index (κ2) is 3.65. The van der Waals surface area contributed by atoms with Crippen LogP contribution in [0.25, 0.3) is 0 Å². The molecule has 2 heteroatoms. The molecule has 2 rings (SSSR count). The molecule has 0 aromatic carbocycles. The highest BCUT2D eigenvalue weighted by Gasteiger charge is 2.06. The van der Waals surface area contributed by atoms with Crippen LogP contribution < -0.4 is 0 Å². The van der Waals surface area contributed by atoms with Gasteiger partial charge in [0.15, 0.2) is 6.33 Å². The molecule has 1 aromatic heterocycles. The van der Waals surface area contributed by atoms with Crippen LogP contribution in [0.4, 0.5) is 0 Å². The van der Waals surface area contributed by atoms with Gasteiger partial charge in [-0.2, -0.15) is 0 Å². The minimum Gasteiger partial charge on any atom is -0.233 e. The van der Waals surface area contributed by atoms with E-state index in [2.05, 4.69) is 16.3 Å². The molecular weight excluding hydrogens is 148 g/mol. The van der Waals surface area contributed by atoms with Crippen molar-refractivity contribution in [2.45, 2.75) is 38.5 Å². The number of rotatable bonds is 0. The van der Waals surface area contributed by atoms with Crippen LogP contribution in [0, 0.1) is 6.33 Å². The minimum atomic E-state index is 1.12. The van der Waals surface area contributed by atoms with E-state index < -0.39 is 0 Å². The SMILES string of the molecule is [c]1ncc2c(n1)CCCCCC2. The van der Waals surface area contributed by atoms with Crippen molar-refractivity contribution < 1.29 is 0 Å². The molecule has 0 saturated carbocycles. The molecule has 63 valence electrons. The fraction of sp³-hybridized carbons (Fsp3) is 0.600. The predicted octanol–water partition coefficient (Wildman–Crippen LogP) is 1.94. The topological polar surface area (TPSA) is 25.8 Å². The molecule has 2 nitrogen and oxygen atoms in total. The maximum Gasteiger partial charge on any atom is 0.197 e.